The molecule has 0 aliphatic heterocycles. The summed E-state index contributed by atoms with van der Waals surface area (Å²) in [6.45, 7) is 3.85. The summed E-state index contributed by atoms with van der Waals surface area (Å²) in [6, 6.07) is 17.4. The fourth-order valence-corrected chi connectivity index (χ4v) is 8.39. The van der Waals surface area contributed by atoms with Gasteiger partial charge in [-0.1, -0.05) is 0 Å². The fourth-order valence-electron chi connectivity index (χ4n) is 3.56. The van der Waals surface area contributed by atoms with Gasteiger partial charge in [0.1, 0.15) is 0 Å². The molecule has 0 bridgehead atoms. The van der Waals surface area contributed by atoms with Crippen LogP contribution in [0.5, 0.6) is 0 Å². The number of hydrogen-bond acceptors (Lipinski definition) is 2. The van der Waals surface area contributed by atoms with Crippen LogP contribution in [0.1, 0.15) is 26.7 Å². The van der Waals surface area contributed by atoms with E-state index >= 15 is 0 Å². The summed E-state index contributed by atoms with van der Waals surface area (Å²) >= 11 is -0.111. The molecule has 0 saturated heterocycles. The molecule has 132 valence electrons. The second kappa shape index (κ2) is 6.50. The fraction of sp³-hybridized carbons (Fsp3) is 0.261. The quantitative estimate of drug-likeness (QED) is 0.332. The molecule has 0 atom stereocenters. The number of nitrogens with zero attached hydrogens (tertiary/aromatic N) is 1. The summed E-state index contributed by atoms with van der Waals surface area (Å²) in [7, 11) is 0. The Kier molecular flexibility index (Phi) is 4.13. The molecule has 0 fully saturated rings. The first-order chi connectivity index (χ1) is 12.7. The van der Waals surface area contributed by atoms with Crippen molar-refractivity contribution in [2.75, 3.05) is 0 Å². The predicted octanol–water partition coefficient (Wildman–Crippen LogP) is 6.79. The molecule has 0 N–H and O–H groups in total. The molecular weight excluding hydrogens is 395 g/mol. The third-order valence-electron chi connectivity index (χ3n) is 4.94. The molecule has 4 rings (SSSR count). The van der Waals surface area contributed by atoms with E-state index in [0.717, 1.165) is 11.3 Å². The van der Waals surface area contributed by atoms with Gasteiger partial charge in [-0.3, -0.25) is 0 Å². The minimum atomic E-state index is -1.98. The Hall–Kier alpha value is -1.65. The van der Waals surface area contributed by atoms with Crippen LogP contribution < -0.4 is 4.40 Å². The third-order valence-corrected chi connectivity index (χ3v) is 10.4. The van der Waals surface area contributed by atoms with Gasteiger partial charge in [0, 0.05) is 0 Å². The standard InChI is InChI=1S/C23H25GeNS/c1-15(2)16-12-13-25-20(14-16)17-8-6-9-18-22-19(24(3,4)5)10-7-11-21(22)26-23(17)18/h6-15H,1-5H3/i15D. The van der Waals surface area contributed by atoms with E-state index in [1.807, 2.05) is 37.4 Å². The van der Waals surface area contributed by atoms with Crippen molar-refractivity contribution in [1.82, 2.24) is 4.98 Å². The van der Waals surface area contributed by atoms with Crippen LogP contribution in [0.4, 0.5) is 0 Å². The van der Waals surface area contributed by atoms with Gasteiger partial charge in [-0.15, -0.1) is 0 Å². The van der Waals surface area contributed by atoms with Crippen molar-refractivity contribution in [3.05, 3.63) is 60.3 Å². The molecule has 0 spiro atoms. The van der Waals surface area contributed by atoms with Crippen molar-refractivity contribution in [1.29, 1.82) is 0 Å². The second-order valence-corrected chi connectivity index (χ2v) is 19.8. The van der Waals surface area contributed by atoms with Gasteiger partial charge in [-0.05, 0) is 0 Å². The third kappa shape index (κ3) is 2.99. The maximum absolute atomic E-state index is 8.36. The number of pyridine rings is 1. The van der Waals surface area contributed by atoms with Gasteiger partial charge in [-0.2, -0.15) is 0 Å². The van der Waals surface area contributed by atoms with E-state index < -0.39 is 19.2 Å². The first-order valence-corrected chi connectivity index (χ1v) is 17.2. The van der Waals surface area contributed by atoms with Crippen LogP contribution in [0.25, 0.3) is 31.4 Å². The van der Waals surface area contributed by atoms with Crippen LogP contribution in [-0.4, -0.2) is 18.3 Å². The first kappa shape index (κ1) is 16.5. The topological polar surface area (TPSA) is 12.9 Å². The Morgan fingerprint density at radius 2 is 1.81 bits per heavy atom. The summed E-state index contributed by atoms with van der Waals surface area (Å²) in [5, 5.41) is 2.80. The van der Waals surface area contributed by atoms with Gasteiger partial charge in [-0.25, -0.2) is 0 Å². The molecule has 0 radical (unpaired) electrons. The van der Waals surface area contributed by atoms with E-state index in [1.165, 1.54) is 25.7 Å². The number of thiophene rings is 1. The Bertz CT molecular complexity index is 1150. The number of benzene rings is 2. The van der Waals surface area contributed by atoms with Crippen LogP contribution in [0, 0.1) is 0 Å². The summed E-state index contributed by atoms with van der Waals surface area (Å²) < 4.78 is 12.6. The SMILES string of the molecule is [2H]C(C)(C)c1ccnc(-c2cccc3c2sc2ccc[c]([Ge]([CH3])([CH3])[CH3])c23)c1. The normalized spacial score (nSPS) is 13.3. The zero-order chi connectivity index (χ0) is 19.4. The Balaban J connectivity index is 2.02. The van der Waals surface area contributed by atoms with Gasteiger partial charge in [0.05, 0.1) is 0 Å². The van der Waals surface area contributed by atoms with E-state index in [0.29, 0.717) is 0 Å². The molecule has 26 heavy (non-hydrogen) atoms. The second-order valence-electron chi connectivity index (χ2n) is 8.14. The monoisotopic (exact) mass is 422 g/mol. The molecule has 0 aliphatic rings. The molecule has 0 amide bonds. The van der Waals surface area contributed by atoms with Crippen molar-refractivity contribution in [2.45, 2.75) is 37.0 Å². The van der Waals surface area contributed by atoms with E-state index in [-0.39, 0.29) is 0 Å². The van der Waals surface area contributed by atoms with Crippen molar-refractivity contribution in [3.8, 4) is 11.3 Å². The van der Waals surface area contributed by atoms with Gasteiger partial charge in [0.25, 0.3) is 0 Å². The molecule has 3 heteroatoms. The molecule has 1 nitrogen and oxygen atoms in total. The van der Waals surface area contributed by atoms with E-state index in [1.54, 1.807) is 4.40 Å². The molecule has 2 aromatic heterocycles. The number of aromatic nitrogens is 1. The van der Waals surface area contributed by atoms with Crippen LogP contribution in [0.15, 0.2) is 54.7 Å². The maximum atomic E-state index is 8.36. The predicted molar refractivity (Wildman–Crippen MR) is 120 cm³/mol. The summed E-state index contributed by atoms with van der Waals surface area (Å²) in [6.07, 6.45) is 1.84. The van der Waals surface area contributed by atoms with Crippen LogP contribution in [-0.2, 0) is 0 Å². The Morgan fingerprint density at radius 1 is 1.04 bits per heavy atom. The number of rotatable bonds is 3. The molecule has 0 aliphatic carbocycles. The summed E-state index contributed by atoms with van der Waals surface area (Å²) in [5.74, 6) is 6.76. The van der Waals surface area contributed by atoms with Crippen LogP contribution in [0.3, 0.4) is 0 Å². The Labute approximate surface area is 163 Å². The zero-order valence-corrected chi connectivity index (χ0v) is 19.0. The average molecular weight is 421 g/mol. The summed E-state index contributed by atoms with van der Waals surface area (Å²) in [4.78, 5) is 4.65. The molecule has 2 aromatic carbocycles. The van der Waals surface area contributed by atoms with E-state index in [4.69, 9.17) is 1.37 Å². The minimum absolute atomic E-state index is 0.626. The van der Waals surface area contributed by atoms with E-state index in [2.05, 4.69) is 64.7 Å². The van der Waals surface area contributed by atoms with Crippen molar-refractivity contribution in [2.24, 2.45) is 0 Å². The van der Waals surface area contributed by atoms with Crippen LogP contribution >= 0.6 is 11.3 Å². The van der Waals surface area contributed by atoms with Gasteiger partial charge >= 0.3 is 164 Å². The van der Waals surface area contributed by atoms with Crippen molar-refractivity contribution < 1.29 is 1.37 Å². The molecule has 0 saturated carbocycles. The van der Waals surface area contributed by atoms with Gasteiger partial charge in [0.2, 0.25) is 0 Å². The number of fused-ring (bicyclic) bond motifs is 3. The van der Waals surface area contributed by atoms with Gasteiger partial charge in [0.15, 0.2) is 0 Å². The van der Waals surface area contributed by atoms with Gasteiger partial charge < -0.3 is 0 Å². The summed E-state index contributed by atoms with van der Waals surface area (Å²) in [5.41, 5.74) is 3.13. The average Bonchev–Trinajstić information content (AvgIpc) is 2.99. The number of hydrogen-bond donors (Lipinski definition) is 0. The Morgan fingerprint density at radius 3 is 2.54 bits per heavy atom. The van der Waals surface area contributed by atoms with Crippen molar-refractivity contribution >= 4 is 49.2 Å². The van der Waals surface area contributed by atoms with Crippen molar-refractivity contribution in [3.63, 3.8) is 0 Å². The molecule has 0 unspecified atom stereocenters. The first-order valence-electron chi connectivity index (χ1n) is 9.58. The zero-order valence-electron chi connectivity index (χ0n) is 17.1. The van der Waals surface area contributed by atoms with E-state index in [9.17, 15) is 0 Å². The van der Waals surface area contributed by atoms with Crippen LogP contribution in [0.2, 0.25) is 17.3 Å². The molecule has 2 heterocycles. The molecule has 4 aromatic rings. The molecular formula is C23H25GeNS.